The van der Waals surface area contributed by atoms with Gasteiger partial charge in [0.25, 0.3) is 0 Å². The lowest BCUT2D eigenvalue weighted by molar-refractivity contribution is -0.140. The molecule has 102 valence electrons. The molecule has 1 aromatic carbocycles. The van der Waals surface area contributed by atoms with Gasteiger partial charge in [-0.1, -0.05) is 6.92 Å². The SMILES string of the molecule is CCNC(CC(F)(F)F)c1c(C)cc(F)cc1C. The van der Waals surface area contributed by atoms with E-state index in [9.17, 15) is 17.6 Å². The maximum Gasteiger partial charge on any atom is 0.390 e. The Balaban J connectivity index is 3.13. The quantitative estimate of drug-likeness (QED) is 0.808. The Morgan fingerprint density at radius 2 is 1.67 bits per heavy atom. The van der Waals surface area contributed by atoms with Crippen molar-refractivity contribution < 1.29 is 17.6 Å². The van der Waals surface area contributed by atoms with E-state index in [4.69, 9.17) is 0 Å². The van der Waals surface area contributed by atoms with Gasteiger partial charge in [-0.15, -0.1) is 0 Å². The highest BCUT2D eigenvalue weighted by Gasteiger charge is 2.33. The summed E-state index contributed by atoms with van der Waals surface area (Å²) >= 11 is 0. The van der Waals surface area contributed by atoms with E-state index in [-0.39, 0.29) is 0 Å². The number of hydrogen-bond donors (Lipinski definition) is 1. The summed E-state index contributed by atoms with van der Waals surface area (Å²) in [6.45, 7) is 5.44. The fourth-order valence-corrected chi connectivity index (χ4v) is 2.23. The summed E-state index contributed by atoms with van der Waals surface area (Å²) in [7, 11) is 0. The van der Waals surface area contributed by atoms with Crippen LogP contribution in [0.15, 0.2) is 12.1 Å². The number of nitrogens with one attached hydrogen (secondary N) is 1. The number of benzene rings is 1. The standard InChI is InChI=1S/C13H17F4N/c1-4-18-11(7-13(15,16)17)12-8(2)5-10(14)6-9(12)3/h5-6,11,18H,4,7H2,1-3H3. The zero-order valence-corrected chi connectivity index (χ0v) is 10.7. The minimum Gasteiger partial charge on any atom is -0.310 e. The normalized spacial score (nSPS) is 13.7. The molecule has 1 unspecified atom stereocenters. The molecule has 1 rings (SSSR count). The molecule has 0 aromatic heterocycles. The fourth-order valence-electron chi connectivity index (χ4n) is 2.23. The second kappa shape index (κ2) is 5.69. The van der Waals surface area contributed by atoms with E-state index in [1.165, 1.54) is 12.1 Å². The van der Waals surface area contributed by atoms with Crippen LogP contribution >= 0.6 is 0 Å². The Labute approximate surface area is 104 Å². The molecule has 0 bridgehead atoms. The van der Waals surface area contributed by atoms with Crippen molar-refractivity contribution in [2.24, 2.45) is 0 Å². The lowest BCUT2D eigenvalue weighted by atomic mass is 9.93. The first-order valence-electron chi connectivity index (χ1n) is 5.81. The lowest BCUT2D eigenvalue weighted by Crippen LogP contribution is -2.27. The Kier molecular flexibility index (Phi) is 4.73. The van der Waals surface area contributed by atoms with E-state index in [2.05, 4.69) is 5.32 Å². The second-order valence-electron chi connectivity index (χ2n) is 4.38. The summed E-state index contributed by atoms with van der Waals surface area (Å²) in [6, 6.07) is 1.71. The zero-order chi connectivity index (χ0) is 13.9. The third-order valence-corrected chi connectivity index (χ3v) is 2.79. The highest BCUT2D eigenvalue weighted by molar-refractivity contribution is 5.37. The molecule has 1 aromatic rings. The lowest BCUT2D eigenvalue weighted by Gasteiger charge is -2.23. The zero-order valence-electron chi connectivity index (χ0n) is 10.7. The number of rotatable bonds is 4. The summed E-state index contributed by atoms with van der Waals surface area (Å²) in [6.07, 6.45) is -5.20. The first kappa shape index (κ1) is 15.0. The largest absolute Gasteiger partial charge is 0.390 e. The summed E-state index contributed by atoms with van der Waals surface area (Å²) in [5.41, 5.74) is 1.63. The van der Waals surface area contributed by atoms with Crippen molar-refractivity contribution in [1.82, 2.24) is 5.32 Å². The summed E-state index contributed by atoms with van der Waals surface area (Å²) in [5, 5.41) is 2.81. The van der Waals surface area contributed by atoms with Gasteiger partial charge in [0.2, 0.25) is 0 Å². The molecule has 0 fully saturated rings. The molecular weight excluding hydrogens is 246 g/mol. The van der Waals surface area contributed by atoms with Gasteiger partial charge >= 0.3 is 6.18 Å². The van der Waals surface area contributed by atoms with E-state index in [1.54, 1.807) is 20.8 Å². The highest BCUT2D eigenvalue weighted by Crippen LogP contribution is 2.32. The van der Waals surface area contributed by atoms with E-state index in [0.717, 1.165) is 0 Å². The monoisotopic (exact) mass is 263 g/mol. The number of hydrogen-bond acceptors (Lipinski definition) is 1. The van der Waals surface area contributed by atoms with Crippen molar-refractivity contribution >= 4 is 0 Å². The first-order valence-corrected chi connectivity index (χ1v) is 5.81. The van der Waals surface area contributed by atoms with Crippen molar-refractivity contribution in [3.8, 4) is 0 Å². The second-order valence-corrected chi connectivity index (χ2v) is 4.38. The van der Waals surface area contributed by atoms with Crippen LogP contribution in [0.25, 0.3) is 0 Å². The molecule has 1 atom stereocenters. The molecule has 0 aliphatic heterocycles. The van der Waals surface area contributed by atoms with Crippen LogP contribution in [0, 0.1) is 19.7 Å². The molecule has 0 aliphatic rings. The molecule has 0 heterocycles. The van der Waals surface area contributed by atoms with Gasteiger partial charge in [0.15, 0.2) is 0 Å². The molecule has 1 nitrogen and oxygen atoms in total. The predicted octanol–water partition coefficient (Wildman–Crippen LogP) is 4.05. The topological polar surface area (TPSA) is 12.0 Å². The van der Waals surface area contributed by atoms with Crippen molar-refractivity contribution in [2.45, 2.75) is 39.4 Å². The molecule has 5 heteroatoms. The van der Waals surface area contributed by atoms with Crippen LogP contribution in [0.1, 0.15) is 36.1 Å². The van der Waals surface area contributed by atoms with Crippen molar-refractivity contribution in [1.29, 1.82) is 0 Å². The van der Waals surface area contributed by atoms with E-state index < -0.39 is 24.5 Å². The minimum atomic E-state index is -4.25. The van der Waals surface area contributed by atoms with Gasteiger partial charge in [0.1, 0.15) is 5.82 Å². The Bertz CT molecular complexity index is 389. The maximum atomic E-state index is 13.2. The van der Waals surface area contributed by atoms with Gasteiger partial charge in [-0.05, 0) is 49.2 Å². The minimum absolute atomic E-state index is 0.420. The van der Waals surface area contributed by atoms with Crippen LogP contribution in [0.4, 0.5) is 17.6 Å². The fraction of sp³-hybridized carbons (Fsp3) is 0.538. The molecule has 0 saturated heterocycles. The molecule has 0 amide bonds. The van der Waals surface area contributed by atoms with E-state index in [0.29, 0.717) is 23.2 Å². The smallest absolute Gasteiger partial charge is 0.310 e. The summed E-state index contributed by atoms with van der Waals surface area (Å²) in [5.74, 6) is -0.420. The summed E-state index contributed by atoms with van der Waals surface area (Å²) in [4.78, 5) is 0. The Hall–Kier alpha value is -1.10. The van der Waals surface area contributed by atoms with Crippen LogP contribution in [0.3, 0.4) is 0 Å². The van der Waals surface area contributed by atoms with Gasteiger partial charge in [0, 0.05) is 6.04 Å². The maximum absolute atomic E-state index is 13.2. The van der Waals surface area contributed by atoms with Crippen LogP contribution in [-0.4, -0.2) is 12.7 Å². The Morgan fingerprint density at radius 3 is 2.06 bits per heavy atom. The molecular formula is C13H17F4N. The molecule has 0 aliphatic carbocycles. The van der Waals surface area contributed by atoms with E-state index in [1.807, 2.05) is 0 Å². The third kappa shape index (κ3) is 3.98. The van der Waals surface area contributed by atoms with Crippen LogP contribution in [-0.2, 0) is 0 Å². The summed E-state index contributed by atoms with van der Waals surface area (Å²) < 4.78 is 50.8. The van der Waals surface area contributed by atoms with Crippen molar-refractivity contribution in [3.05, 3.63) is 34.6 Å². The molecule has 0 radical (unpaired) electrons. The highest BCUT2D eigenvalue weighted by atomic mass is 19.4. The van der Waals surface area contributed by atoms with E-state index >= 15 is 0 Å². The van der Waals surface area contributed by atoms with Crippen LogP contribution in [0.5, 0.6) is 0 Å². The van der Waals surface area contributed by atoms with Gasteiger partial charge in [-0.25, -0.2) is 4.39 Å². The third-order valence-electron chi connectivity index (χ3n) is 2.79. The van der Waals surface area contributed by atoms with Gasteiger partial charge in [-0.3, -0.25) is 0 Å². The number of alkyl halides is 3. The molecule has 0 spiro atoms. The van der Waals surface area contributed by atoms with Crippen molar-refractivity contribution in [3.63, 3.8) is 0 Å². The van der Waals surface area contributed by atoms with Gasteiger partial charge in [0.05, 0.1) is 6.42 Å². The van der Waals surface area contributed by atoms with Crippen molar-refractivity contribution in [2.75, 3.05) is 6.54 Å². The van der Waals surface area contributed by atoms with Gasteiger partial charge in [-0.2, -0.15) is 13.2 Å². The molecule has 1 N–H and O–H groups in total. The molecule has 0 saturated carbocycles. The van der Waals surface area contributed by atoms with Gasteiger partial charge < -0.3 is 5.32 Å². The number of aryl methyl sites for hydroxylation is 2. The average molecular weight is 263 g/mol. The first-order chi connectivity index (χ1) is 8.24. The Morgan fingerprint density at radius 1 is 1.17 bits per heavy atom. The van der Waals surface area contributed by atoms with Crippen LogP contribution < -0.4 is 5.32 Å². The molecule has 18 heavy (non-hydrogen) atoms. The average Bonchev–Trinajstić information content (AvgIpc) is 2.13. The predicted molar refractivity (Wildman–Crippen MR) is 63.0 cm³/mol. The number of halogens is 4. The van der Waals surface area contributed by atoms with Crippen LogP contribution in [0.2, 0.25) is 0 Å².